The first-order valence-electron chi connectivity index (χ1n) is 2.85. The molecule has 2 rings (SSSR count). The summed E-state index contributed by atoms with van der Waals surface area (Å²) in [5, 5.41) is 0. The summed E-state index contributed by atoms with van der Waals surface area (Å²) < 4.78 is 0. The van der Waals surface area contributed by atoms with E-state index in [1.165, 1.54) is 0 Å². The van der Waals surface area contributed by atoms with Crippen LogP contribution in [0.3, 0.4) is 0 Å². The quantitative estimate of drug-likeness (QED) is 0.682. The highest BCUT2D eigenvalue weighted by molar-refractivity contribution is 5.85. The molecule has 0 unspecified atom stereocenters. The van der Waals surface area contributed by atoms with E-state index in [9.17, 15) is 0 Å². The molecule has 0 radical (unpaired) electrons. The second kappa shape index (κ2) is 4.21. The minimum absolute atomic E-state index is 0. The molecule has 60 valence electrons. The van der Waals surface area contributed by atoms with Gasteiger partial charge in [-0.1, -0.05) is 0 Å². The van der Waals surface area contributed by atoms with E-state index in [1.807, 2.05) is 24.4 Å². The molecule has 0 saturated carbocycles. The highest BCUT2D eigenvalue weighted by Crippen LogP contribution is 2.05. The van der Waals surface area contributed by atoms with Gasteiger partial charge in [0, 0.05) is 12.4 Å². The molecule has 2 nitrogen and oxygen atoms in total. The van der Waals surface area contributed by atoms with Crippen molar-refractivity contribution in [3.05, 3.63) is 30.6 Å². The highest BCUT2D eigenvalue weighted by atomic mass is 35.5. The van der Waals surface area contributed by atoms with Crippen molar-refractivity contribution in [2.24, 2.45) is 0 Å². The molecule has 0 bridgehead atoms. The number of hydrogen-bond donors (Lipinski definition) is 1. The first kappa shape index (κ1) is 10.3. The second-order valence-electron chi connectivity index (χ2n) is 1.91. The molecule has 0 atom stereocenters. The van der Waals surface area contributed by atoms with Gasteiger partial charge in [0.25, 0.3) is 0 Å². The van der Waals surface area contributed by atoms with Gasteiger partial charge in [-0.25, -0.2) is 0 Å². The van der Waals surface area contributed by atoms with E-state index in [4.69, 9.17) is 0 Å². The Morgan fingerprint density at radius 2 is 2.09 bits per heavy atom. The van der Waals surface area contributed by atoms with Gasteiger partial charge >= 0.3 is 1.43 Å². The molecule has 4 heteroatoms. The van der Waals surface area contributed by atoms with Crippen LogP contribution in [0.1, 0.15) is 1.43 Å². The van der Waals surface area contributed by atoms with Crippen molar-refractivity contribution in [1.29, 1.82) is 0 Å². The van der Waals surface area contributed by atoms with Crippen molar-refractivity contribution >= 4 is 35.8 Å². The van der Waals surface area contributed by atoms with Crippen LogP contribution in [-0.4, -0.2) is 9.97 Å². The summed E-state index contributed by atoms with van der Waals surface area (Å²) in [4.78, 5) is 7.17. The maximum atomic E-state index is 4.11. The van der Waals surface area contributed by atoms with Crippen LogP contribution in [0, 0.1) is 0 Å². The Hall–Kier alpha value is -0.730. The number of nitrogens with one attached hydrogen (secondary N) is 1. The van der Waals surface area contributed by atoms with Crippen LogP contribution in [0.25, 0.3) is 11.0 Å². The molecule has 11 heavy (non-hydrogen) atoms. The maximum Gasteiger partial charge on any atom is 1.00 e. The smallest absolute Gasteiger partial charge is 0.360 e. The molecule has 2 aromatic heterocycles. The lowest BCUT2D eigenvalue weighted by Crippen LogP contribution is -1.68. The van der Waals surface area contributed by atoms with Gasteiger partial charge in [-0.3, -0.25) is 4.98 Å². The average molecular weight is 192 g/mol. The van der Waals surface area contributed by atoms with E-state index in [0.29, 0.717) is 0 Å². The molecule has 0 saturated heterocycles. The highest BCUT2D eigenvalue weighted by Gasteiger charge is 1.88. The normalized spacial score (nSPS) is 8.36. The third kappa shape index (κ3) is 1.85. The molecular weight excluding hydrogens is 183 g/mol. The Bertz CT molecular complexity index is 293. The first-order valence-corrected chi connectivity index (χ1v) is 2.85. The molecule has 0 spiro atoms. The Labute approximate surface area is 78.3 Å². The summed E-state index contributed by atoms with van der Waals surface area (Å²) in [5.74, 6) is 0. The number of aromatic nitrogens is 2. The summed E-state index contributed by atoms with van der Waals surface area (Å²) in [5.41, 5.74) is 2.12. The summed E-state index contributed by atoms with van der Waals surface area (Å²) in [6, 6.07) is 5.87. The van der Waals surface area contributed by atoms with Gasteiger partial charge in [0.15, 0.2) is 0 Å². The van der Waals surface area contributed by atoms with Crippen molar-refractivity contribution in [3.63, 3.8) is 0 Å². The number of nitrogens with zero attached hydrogens (tertiary/aromatic N) is 1. The largest absolute Gasteiger partial charge is 1.00 e. The van der Waals surface area contributed by atoms with E-state index in [1.54, 1.807) is 6.20 Å². The molecule has 0 amide bonds. The van der Waals surface area contributed by atoms with Gasteiger partial charge < -0.3 is 4.98 Å². The lowest BCUT2D eigenvalue weighted by atomic mass is 10.4. The van der Waals surface area contributed by atoms with Crippen molar-refractivity contribution < 1.29 is 1.43 Å². The zero-order valence-electron chi connectivity index (χ0n) is 6.65. The molecule has 0 aliphatic carbocycles. The zero-order valence-corrected chi connectivity index (χ0v) is 7.28. The predicted octanol–water partition coefficient (Wildman–Crippen LogP) is 2.52. The van der Waals surface area contributed by atoms with Crippen molar-refractivity contribution in [2.45, 2.75) is 0 Å². The molecule has 0 aliphatic heterocycles. The van der Waals surface area contributed by atoms with E-state index >= 15 is 0 Å². The summed E-state index contributed by atoms with van der Waals surface area (Å²) in [6.07, 6.45) is 3.67. The van der Waals surface area contributed by atoms with Gasteiger partial charge in [-0.05, 0) is 18.2 Å². The standard InChI is InChI=1S/C7H6N2.2ClH/c1-2-6-7(8-4-1)3-5-9-6;;/h1-5,9H;2*1H/p+1. The first-order chi connectivity index (χ1) is 4.47. The fraction of sp³-hybridized carbons (Fsp3) is 0. The lowest BCUT2D eigenvalue weighted by molar-refractivity contribution is 1.41. The van der Waals surface area contributed by atoms with Crippen LogP contribution in [0.2, 0.25) is 0 Å². The van der Waals surface area contributed by atoms with Crippen LogP contribution < -0.4 is 0 Å². The number of fused-ring (bicyclic) bond motifs is 1. The molecule has 1 N–H and O–H groups in total. The summed E-state index contributed by atoms with van der Waals surface area (Å²) >= 11 is 0. The van der Waals surface area contributed by atoms with Crippen molar-refractivity contribution in [3.8, 4) is 0 Å². The number of H-pyrrole nitrogens is 1. The number of aromatic amines is 1. The van der Waals surface area contributed by atoms with Crippen LogP contribution in [-0.2, 0) is 0 Å². The SMILES string of the molecule is Cl.Cl.[H+].c1cnc2cc[nH]c2c1. The fourth-order valence-electron chi connectivity index (χ4n) is 0.883. The summed E-state index contributed by atoms with van der Waals surface area (Å²) in [7, 11) is 0. The molecule has 2 aromatic rings. The Kier molecular flexibility index (Phi) is 3.93. The van der Waals surface area contributed by atoms with Crippen LogP contribution in [0.5, 0.6) is 0 Å². The maximum absolute atomic E-state index is 4.11. The number of pyridine rings is 1. The second-order valence-corrected chi connectivity index (χ2v) is 1.91. The number of halogens is 2. The van der Waals surface area contributed by atoms with Gasteiger partial charge in [0.05, 0.1) is 11.0 Å². The van der Waals surface area contributed by atoms with Crippen LogP contribution in [0.4, 0.5) is 0 Å². The number of hydrogen-bond acceptors (Lipinski definition) is 1. The van der Waals surface area contributed by atoms with Gasteiger partial charge in [-0.2, -0.15) is 0 Å². The third-order valence-electron chi connectivity index (χ3n) is 1.32. The van der Waals surface area contributed by atoms with Gasteiger partial charge in [0.2, 0.25) is 0 Å². The molecule has 0 aromatic carbocycles. The topological polar surface area (TPSA) is 28.7 Å². The Morgan fingerprint density at radius 1 is 1.27 bits per heavy atom. The molecular formula is C7H9Cl2N2+. The minimum Gasteiger partial charge on any atom is -0.360 e. The minimum atomic E-state index is 0. The molecule has 0 fully saturated rings. The van der Waals surface area contributed by atoms with E-state index in [2.05, 4.69) is 9.97 Å². The average Bonchev–Trinajstić information content (AvgIpc) is 2.33. The Balaban J connectivity index is 0. The summed E-state index contributed by atoms with van der Waals surface area (Å²) in [6.45, 7) is 0. The number of rotatable bonds is 0. The van der Waals surface area contributed by atoms with E-state index in [-0.39, 0.29) is 26.2 Å². The van der Waals surface area contributed by atoms with Gasteiger partial charge in [0.1, 0.15) is 0 Å². The van der Waals surface area contributed by atoms with Crippen LogP contribution in [0.15, 0.2) is 30.6 Å². The van der Waals surface area contributed by atoms with Crippen molar-refractivity contribution in [1.82, 2.24) is 9.97 Å². The molecule has 0 aliphatic rings. The zero-order chi connectivity index (χ0) is 6.10. The van der Waals surface area contributed by atoms with E-state index in [0.717, 1.165) is 11.0 Å². The predicted molar refractivity (Wildman–Crippen MR) is 51.7 cm³/mol. The fourth-order valence-corrected chi connectivity index (χ4v) is 0.883. The molecule has 2 heterocycles. The van der Waals surface area contributed by atoms with Gasteiger partial charge in [-0.15, -0.1) is 24.8 Å². The van der Waals surface area contributed by atoms with Crippen molar-refractivity contribution in [2.75, 3.05) is 0 Å². The Morgan fingerprint density at radius 3 is 2.82 bits per heavy atom. The lowest BCUT2D eigenvalue weighted by Gasteiger charge is -1.82. The third-order valence-corrected chi connectivity index (χ3v) is 1.32. The van der Waals surface area contributed by atoms with Crippen LogP contribution >= 0.6 is 24.8 Å². The van der Waals surface area contributed by atoms with E-state index < -0.39 is 0 Å². The monoisotopic (exact) mass is 191 g/mol.